The van der Waals surface area contributed by atoms with Gasteiger partial charge in [0.2, 0.25) is 11.1 Å². The minimum absolute atomic E-state index is 0.0302. The van der Waals surface area contributed by atoms with Crippen LogP contribution in [0, 0.1) is 37.1 Å². The number of anilines is 5. The summed E-state index contributed by atoms with van der Waals surface area (Å²) in [6.07, 6.45) is 2.12. The Labute approximate surface area is 440 Å². The lowest BCUT2D eigenvalue weighted by molar-refractivity contribution is 0.0934. The molecule has 6 N–H and O–H groups in total. The normalized spacial score (nSPS) is 13.5. The quantitative estimate of drug-likeness (QED) is 0.0343. The smallest absolute Gasteiger partial charge is 0.328 e. The average molecular weight is 1070 g/mol. The number of rotatable bonds is 14. The number of fused-ring (bicyclic) bond motifs is 2. The van der Waals surface area contributed by atoms with Gasteiger partial charge in [-0.05, 0) is 135 Å². The summed E-state index contributed by atoms with van der Waals surface area (Å²) < 4.78 is 71.7. The average Bonchev–Trinajstić information content (AvgIpc) is 3.41. The van der Waals surface area contributed by atoms with Gasteiger partial charge in [0, 0.05) is 63.8 Å². The van der Waals surface area contributed by atoms with Crippen LogP contribution >= 0.6 is 0 Å². The molecule has 0 saturated heterocycles. The molecule has 0 radical (unpaired) electrons. The molecule has 1 atom stereocenters. The van der Waals surface area contributed by atoms with Crippen molar-refractivity contribution in [1.29, 1.82) is 0 Å². The van der Waals surface area contributed by atoms with Crippen molar-refractivity contribution < 1.29 is 40.9 Å². The van der Waals surface area contributed by atoms with Gasteiger partial charge < -0.3 is 31.9 Å². The molecule has 6 amide bonds. The van der Waals surface area contributed by atoms with Crippen LogP contribution in [0.3, 0.4) is 0 Å². The number of aryl methyl sites for hydroxylation is 2. The fourth-order valence-electron chi connectivity index (χ4n) is 8.25. The Kier molecular flexibility index (Phi) is 17.2. The van der Waals surface area contributed by atoms with Crippen LogP contribution in [-0.2, 0) is 23.9 Å². The van der Waals surface area contributed by atoms with E-state index in [1.54, 1.807) is 30.3 Å². The summed E-state index contributed by atoms with van der Waals surface area (Å²) in [5.41, 5.74) is 3.99. The monoisotopic (exact) mass is 1060 g/mol. The van der Waals surface area contributed by atoms with Gasteiger partial charge in [-0.1, -0.05) is 24.3 Å². The molecular weight excluding hydrogens is 1000 g/mol. The number of benzene rings is 4. The molecule has 0 aliphatic carbocycles. The molecule has 0 fully saturated rings. The zero-order valence-electron chi connectivity index (χ0n) is 43.8. The molecule has 4 aromatic carbocycles. The second-order valence-corrected chi connectivity index (χ2v) is 21.0. The van der Waals surface area contributed by atoms with E-state index in [0.29, 0.717) is 51.3 Å². The van der Waals surface area contributed by atoms with Crippen molar-refractivity contribution in [3.63, 3.8) is 0 Å². The molecule has 0 saturated carbocycles. The summed E-state index contributed by atoms with van der Waals surface area (Å²) in [5, 5.41) is 17.5. The lowest BCUT2D eigenvalue weighted by atomic mass is 9.97. The van der Waals surface area contributed by atoms with Crippen molar-refractivity contribution >= 4 is 63.6 Å². The summed E-state index contributed by atoms with van der Waals surface area (Å²) in [6, 6.07) is 15.4. The number of hydrogen-bond donors (Lipinski definition) is 6. The second kappa shape index (κ2) is 23.4. The van der Waals surface area contributed by atoms with Crippen LogP contribution in [0.1, 0.15) is 97.9 Å². The summed E-state index contributed by atoms with van der Waals surface area (Å²) in [7, 11) is -1.68. The van der Waals surface area contributed by atoms with Gasteiger partial charge in [-0.25, -0.2) is 51.9 Å². The standard InChI is InChI=1S/C30H37F2N7O2.C24H23F2N5O3S/c1-17(2)36-27(40)19-12-11-18(3)20(15-19)24-21-16-34-29(41)39(25-22(31)9-7-10-23(25)32)26(21)38-28(37-24)33-13-8-14-35-30(4,5)6;1-12(2)28-22(32)14-9-8-13(3)15(10-14)19-16-11-27-24(33)31(20-17(25)6-5-7-18(20)26)21(16)30-23(29-19)35(4)34/h7,9-12,15,17,35H,8,13-14,16H2,1-6H3,(H,34,41)(H,36,40)(H,33,37,38);5-10,12H,11H2,1-4H3,(H,27,33)(H,28,32). The zero-order chi connectivity index (χ0) is 55.3. The lowest BCUT2D eigenvalue weighted by Gasteiger charge is -2.31. The van der Waals surface area contributed by atoms with Gasteiger partial charge in [-0.3, -0.25) is 13.8 Å². The van der Waals surface area contributed by atoms with E-state index in [-0.39, 0.29) is 65.3 Å². The molecule has 2 aliphatic rings. The summed E-state index contributed by atoms with van der Waals surface area (Å²) >= 11 is 0. The number of hydrogen-bond acceptors (Lipinski definition) is 11. The van der Waals surface area contributed by atoms with Gasteiger partial charge in [0.15, 0.2) is 11.6 Å². The van der Waals surface area contributed by atoms with E-state index >= 15 is 0 Å². The fraction of sp³-hybridized carbons (Fsp3) is 0.333. The predicted octanol–water partition coefficient (Wildman–Crippen LogP) is 9.39. The molecular formula is C54H60F4N12O5S. The highest BCUT2D eigenvalue weighted by Gasteiger charge is 2.36. The van der Waals surface area contributed by atoms with E-state index in [9.17, 15) is 40.9 Å². The fourth-order valence-corrected chi connectivity index (χ4v) is 8.69. The van der Waals surface area contributed by atoms with Gasteiger partial charge in [0.1, 0.15) is 34.6 Å². The number of para-hydroxylation sites is 2. The number of aromatic nitrogens is 4. The summed E-state index contributed by atoms with van der Waals surface area (Å²) in [4.78, 5) is 71.1. The molecule has 400 valence electrons. The van der Waals surface area contributed by atoms with Crippen LogP contribution in [-0.4, -0.2) is 85.0 Å². The molecule has 22 heteroatoms. The number of nitrogens with one attached hydrogen (secondary N) is 6. The molecule has 0 bridgehead atoms. The molecule has 1 unspecified atom stereocenters. The SMILES string of the molecule is Cc1ccc(C(=O)NC(C)C)cc1-c1nc(NCCCNC(C)(C)C)nc2c1CNC(=O)N2c1c(F)cccc1F.Cc1ccc(C(=O)NC(C)C)cc1-c1nc(S(C)=O)nc2c1CNC(=O)N2c1c(F)cccc1F. The van der Waals surface area contributed by atoms with E-state index in [4.69, 9.17) is 4.98 Å². The highest BCUT2D eigenvalue weighted by atomic mass is 32.2. The van der Waals surface area contributed by atoms with Crippen molar-refractivity contribution in [3.05, 3.63) is 129 Å². The highest BCUT2D eigenvalue weighted by molar-refractivity contribution is 7.84. The Morgan fingerprint density at radius 2 is 1.09 bits per heavy atom. The summed E-state index contributed by atoms with van der Waals surface area (Å²) in [6.45, 7) is 18.6. The Bertz CT molecular complexity index is 3220. The first-order valence-corrected chi connectivity index (χ1v) is 26.0. The van der Waals surface area contributed by atoms with Gasteiger partial charge in [-0.15, -0.1) is 0 Å². The Hall–Kier alpha value is -7.85. The van der Waals surface area contributed by atoms with E-state index < -0.39 is 57.5 Å². The number of amides is 6. The molecule has 0 spiro atoms. The Balaban J connectivity index is 0.000000224. The van der Waals surface area contributed by atoms with Crippen molar-refractivity contribution in [1.82, 2.24) is 46.5 Å². The maximum atomic E-state index is 14.9. The highest BCUT2D eigenvalue weighted by Crippen LogP contribution is 2.41. The van der Waals surface area contributed by atoms with Crippen LogP contribution in [0.5, 0.6) is 0 Å². The first-order chi connectivity index (χ1) is 35.9. The Morgan fingerprint density at radius 1 is 0.658 bits per heavy atom. The number of halogens is 4. The third kappa shape index (κ3) is 12.6. The molecule has 76 heavy (non-hydrogen) atoms. The van der Waals surface area contributed by atoms with E-state index in [1.165, 1.54) is 18.4 Å². The van der Waals surface area contributed by atoms with Crippen LogP contribution in [0.15, 0.2) is 78.0 Å². The number of carbonyl (C=O) groups excluding carboxylic acids is 4. The minimum atomic E-state index is -1.68. The van der Waals surface area contributed by atoms with Gasteiger partial charge in [0.25, 0.3) is 11.8 Å². The molecule has 2 aliphatic heterocycles. The van der Waals surface area contributed by atoms with E-state index in [1.807, 2.05) is 47.6 Å². The molecule has 2 aromatic heterocycles. The molecule has 8 rings (SSSR count). The Morgan fingerprint density at radius 3 is 1.51 bits per heavy atom. The van der Waals surface area contributed by atoms with E-state index in [0.717, 1.165) is 58.2 Å². The topological polar surface area (TPSA) is 216 Å². The van der Waals surface area contributed by atoms with Crippen LogP contribution in [0.4, 0.5) is 56.1 Å². The van der Waals surface area contributed by atoms with Crippen molar-refractivity contribution in [3.8, 4) is 22.5 Å². The maximum absolute atomic E-state index is 14.9. The third-order valence-electron chi connectivity index (χ3n) is 11.8. The van der Waals surface area contributed by atoms with Gasteiger partial charge in [-0.2, -0.15) is 4.98 Å². The van der Waals surface area contributed by atoms with Gasteiger partial charge >= 0.3 is 12.1 Å². The van der Waals surface area contributed by atoms with Crippen LogP contribution < -0.4 is 41.7 Å². The van der Waals surface area contributed by atoms with Crippen LogP contribution in [0.25, 0.3) is 22.5 Å². The summed E-state index contributed by atoms with van der Waals surface area (Å²) in [5.74, 6) is -4.07. The number of carbonyl (C=O) groups is 4. The van der Waals surface area contributed by atoms with E-state index in [2.05, 4.69) is 67.6 Å². The minimum Gasteiger partial charge on any atom is -0.354 e. The van der Waals surface area contributed by atoms with Crippen molar-refractivity contribution in [2.75, 3.05) is 34.5 Å². The lowest BCUT2D eigenvalue weighted by Crippen LogP contribution is -2.43. The number of nitrogens with zero attached hydrogens (tertiary/aromatic N) is 6. The number of urea groups is 2. The first kappa shape index (κ1) is 55.9. The van der Waals surface area contributed by atoms with Crippen molar-refractivity contribution in [2.24, 2.45) is 0 Å². The van der Waals surface area contributed by atoms with Crippen molar-refractivity contribution in [2.45, 2.75) is 105 Å². The molecule has 6 aromatic rings. The maximum Gasteiger partial charge on any atom is 0.328 e. The molecule has 17 nitrogen and oxygen atoms in total. The predicted molar refractivity (Wildman–Crippen MR) is 284 cm³/mol. The zero-order valence-corrected chi connectivity index (χ0v) is 44.6. The first-order valence-electron chi connectivity index (χ1n) is 24.5. The van der Waals surface area contributed by atoms with Crippen LogP contribution in [0.2, 0.25) is 0 Å². The molecule has 4 heterocycles. The van der Waals surface area contributed by atoms with Gasteiger partial charge in [0.05, 0.1) is 35.3 Å². The second-order valence-electron chi connectivity index (χ2n) is 19.7. The third-order valence-corrected chi connectivity index (χ3v) is 12.5. The largest absolute Gasteiger partial charge is 0.354 e.